The first kappa shape index (κ1) is 18.8. The molecule has 0 aliphatic rings. The van der Waals surface area contributed by atoms with Gasteiger partial charge in [-0.3, -0.25) is 0 Å². The number of benzene rings is 3. The van der Waals surface area contributed by atoms with Crippen molar-refractivity contribution in [2.24, 2.45) is 0 Å². The maximum atomic E-state index is 6.02. The number of hydrogen-bond acceptors (Lipinski definition) is 0. The van der Waals surface area contributed by atoms with Crippen LogP contribution < -0.4 is 15.9 Å². The van der Waals surface area contributed by atoms with Crippen LogP contribution in [0.2, 0.25) is 15.1 Å². The molecular formula is C18H13BrCl3P. The largest absolute Gasteiger partial charge is 0.114 e. The van der Waals surface area contributed by atoms with Crippen LogP contribution in [0.25, 0.3) is 0 Å². The van der Waals surface area contributed by atoms with Crippen molar-refractivity contribution in [2.45, 2.75) is 0 Å². The summed E-state index contributed by atoms with van der Waals surface area (Å²) in [7, 11) is -0.659. The van der Waals surface area contributed by atoms with Gasteiger partial charge in [-0.2, -0.15) is 0 Å². The first-order valence-corrected chi connectivity index (χ1v) is 9.18. The van der Waals surface area contributed by atoms with Crippen molar-refractivity contribution in [3.05, 3.63) is 87.9 Å². The summed E-state index contributed by atoms with van der Waals surface area (Å²) in [5.41, 5.74) is 0. The number of halogens is 4. The van der Waals surface area contributed by atoms with Crippen LogP contribution >= 0.6 is 59.7 Å². The summed E-state index contributed by atoms with van der Waals surface area (Å²) >= 11 is 18.1. The van der Waals surface area contributed by atoms with Crippen LogP contribution in [0, 0.1) is 0 Å². The van der Waals surface area contributed by atoms with Crippen LogP contribution in [-0.2, 0) is 0 Å². The van der Waals surface area contributed by atoms with Gasteiger partial charge in [-0.25, -0.2) is 0 Å². The summed E-state index contributed by atoms with van der Waals surface area (Å²) in [6.45, 7) is 0. The molecule has 0 nitrogen and oxygen atoms in total. The van der Waals surface area contributed by atoms with Crippen LogP contribution in [0.4, 0.5) is 0 Å². The summed E-state index contributed by atoms with van der Waals surface area (Å²) in [6, 6.07) is 24.1. The van der Waals surface area contributed by atoms with E-state index in [-0.39, 0.29) is 17.0 Å². The minimum atomic E-state index is -0.659. The van der Waals surface area contributed by atoms with Gasteiger partial charge in [0.25, 0.3) is 0 Å². The Morgan fingerprint density at radius 3 is 0.870 bits per heavy atom. The third-order valence-corrected chi connectivity index (χ3v) is 6.45. The zero-order valence-electron chi connectivity index (χ0n) is 11.9. The van der Waals surface area contributed by atoms with Gasteiger partial charge < -0.3 is 0 Å². The minimum absolute atomic E-state index is 0. The Kier molecular flexibility index (Phi) is 6.95. The van der Waals surface area contributed by atoms with Crippen LogP contribution in [0.15, 0.2) is 72.8 Å². The Morgan fingerprint density at radius 2 is 0.652 bits per heavy atom. The van der Waals surface area contributed by atoms with Crippen LogP contribution in [0.3, 0.4) is 0 Å². The van der Waals surface area contributed by atoms with Gasteiger partial charge in [-0.1, -0.05) is 71.2 Å². The molecule has 0 bridgehead atoms. The van der Waals surface area contributed by atoms with Gasteiger partial charge in [0.1, 0.15) is 0 Å². The van der Waals surface area contributed by atoms with Crippen LogP contribution in [0.1, 0.15) is 0 Å². The second-order valence-corrected chi connectivity index (χ2v) is 8.29. The Labute approximate surface area is 162 Å². The SMILES string of the molecule is Br.Clc1ccc(P(c2ccc(Cl)cc2)c2ccc(Cl)cc2)cc1. The average Bonchev–Trinajstić information content (AvgIpc) is 2.53. The highest BCUT2D eigenvalue weighted by Crippen LogP contribution is 2.33. The Morgan fingerprint density at radius 1 is 0.435 bits per heavy atom. The fraction of sp³-hybridized carbons (Fsp3) is 0. The third kappa shape index (κ3) is 4.72. The van der Waals surface area contributed by atoms with E-state index in [9.17, 15) is 0 Å². The van der Waals surface area contributed by atoms with Crippen molar-refractivity contribution >= 4 is 75.6 Å². The zero-order valence-corrected chi connectivity index (χ0v) is 16.8. The van der Waals surface area contributed by atoms with E-state index < -0.39 is 7.92 Å². The first-order valence-electron chi connectivity index (χ1n) is 6.70. The lowest BCUT2D eigenvalue weighted by Gasteiger charge is -2.19. The van der Waals surface area contributed by atoms with E-state index in [4.69, 9.17) is 34.8 Å². The average molecular weight is 447 g/mol. The molecule has 0 atom stereocenters. The van der Waals surface area contributed by atoms with E-state index in [1.54, 1.807) is 0 Å². The van der Waals surface area contributed by atoms with E-state index in [1.165, 1.54) is 15.9 Å². The van der Waals surface area contributed by atoms with Crippen LogP contribution in [0.5, 0.6) is 0 Å². The summed E-state index contributed by atoms with van der Waals surface area (Å²) in [5.74, 6) is 0. The molecule has 0 spiro atoms. The van der Waals surface area contributed by atoms with Gasteiger partial charge in [0.05, 0.1) is 0 Å². The standard InChI is InChI=1S/C18H12Cl3P.BrH/c19-13-1-7-16(8-2-13)22(17-9-3-14(20)4-10-17)18-11-5-15(21)6-12-18;/h1-12H;1H. The molecule has 3 aromatic carbocycles. The third-order valence-electron chi connectivity index (χ3n) is 3.25. The molecule has 118 valence electrons. The molecule has 0 radical (unpaired) electrons. The van der Waals surface area contributed by atoms with Crippen LogP contribution in [-0.4, -0.2) is 0 Å². The molecule has 0 N–H and O–H groups in total. The lowest BCUT2D eigenvalue weighted by atomic mass is 10.3. The first-order chi connectivity index (χ1) is 10.6. The van der Waals surface area contributed by atoms with Crippen molar-refractivity contribution < 1.29 is 0 Å². The Balaban J connectivity index is 0.00000192. The van der Waals surface area contributed by atoms with E-state index in [2.05, 4.69) is 36.4 Å². The summed E-state index contributed by atoms with van der Waals surface area (Å²) in [4.78, 5) is 0. The fourth-order valence-corrected chi connectivity index (χ4v) is 4.83. The maximum absolute atomic E-state index is 6.02. The molecule has 0 fully saturated rings. The minimum Gasteiger partial charge on any atom is -0.114 e. The summed E-state index contributed by atoms with van der Waals surface area (Å²) in [6.07, 6.45) is 0. The molecule has 0 aliphatic carbocycles. The van der Waals surface area contributed by atoms with Gasteiger partial charge in [-0.05, 0) is 60.2 Å². The van der Waals surface area contributed by atoms with Gasteiger partial charge >= 0.3 is 0 Å². The van der Waals surface area contributed by atoms with Gasteiger partial charge in [-0.15, -0.1) is 17.0 Å². The highest BCUT2D eigenvalue weighted by Gasteiger charge is 2.16. The lowest BCUT2D eigenvalue weighted by molar-refractivity contribution is 1.73. The van der Waals surface area contributed by atoms with Gasteiger partial charge in [0.2, 0.25) is 0 Å². The Bertz CT molecular complexity index is 648. The fourth-order valence-electron chi connectivity index (χ4n) is 2.22. The molecule has 5 heteroatoms. The van der Waals surface area contributed by atoms with Crippen molar-refractivity contribution in [1.29, 1.82) is 0 Å². The molecule has 0 unspecified atom stereocenters. The van der Waals surface area contributed by atoms with Crippen molar-refractivity contribution in [2.75, 3.05) is 0 Å². The van der Waals surface area contributed by atoms with E-state index in [1.807, 2.05) is 36.4 Å². The molecule has 0 saturated carbocycles. The molecule has 0 amide bonds. The second kappa shape index (κ2) is 8.51. The molecule has 23 heavy (non-hydrogen) atoms. The van der Waals surface area contributed by atoms with E-state index in [0.717, 1.165) is 15.1 Å². The van der Waals surface area contributed by atoms with Crippen molar-refractivity contribution in [1.82, 2.24) is 0 Å². The lowest BCUT2D eigenvalue weighted by Crippen LogP contribution is -2.20. The second-order valence-electron chi connectivity index (χ2n) is 4.76. The quantitative estimate of drug-likeness (QED) is 0.434. The summed E-state index contributed by atoms with van der Waals surface area (Å²) < 4.78 is 0. The molecule has 0 aliphatic heterocycles. The molecule has 0 saturated heterocycles. The normalized spacial score (nSPS) is 10.4. The smallest absolute Gasteiger partial charge is 0.0406 e. The van der Waals surface area contributed by atoms with Crippen molar-refractivity contribution in [3.8, 4) is 0 Å². The molecule has 0 aromatic heterocycles. The molecule has 0 heterocycles. The van der Waals surface area contributed by atoms with Crippen molar-refractivity contribution in [3.63, 3.8) is 0 Å². The topological polar surface area (TPSA) is 0 Å². The molecule has 3 aromatic rings. The van der Waals surface area contributed by atoms with Gasteiger partial charge in [0, 0.05) is 15.1 Å². The molecular weight excluding hydrogens is 433 g/mol. The monoisotopic (exact) mass is 444 g/mol. The highest BCUT2D eigenvalue weighted by atomic mass is 79.9. The predicted molar refractivity (Wildman–Crippen MR) is 110 cm³/mol. The zero-order chi connectivity index (χ0) is 15.5. The van der Waals surface area contributed by atoms with E-state index in [0.29, 0.717) is 0 Å². The predicted octanol–water partition coefficient (Wildman–Crippen LogP) is 5.98. The van der Waals surface area contributed by atoms with Gasteiger partial charge in [0.15, 0.2) is 0 Å². The summed E-state index contributed by atoms with van der Waals surface area (Å²) in [5, 5.41) is 5.94. The number of hydrogen-bond donors (Lipinski definition) is 0. The van der Waals surface area contributed by atoms with E-state index >= 15 is 0 Å². The molecule has 3 rings (SSSR count). The highest BCUT2D eigenvalue weighted by molar-refractivity contribution is 8.93. The maximum Gasteiger partial charge on any atom is 0.0406 e. The Hall–Kier alpha value is -0.560. The number of rotatable bonds is 3.